The number of esters is 1. The van der Waals surface area contributed by atoms with E-state index in [0.29, 0.717) is 30.5 Å². The molecule has 4 aromatic rings. The lowest BCUT2D eigenvalue weighted by Crippen LogP contribution is -2.34. The number of nitrogens with zero attached hydrogens (tertiary/aromatic N) is 5. The molecule has 1 aliphatic carbocycles. The molecule has 2 N–H and O–H groups in total. The first-order valence-electron chi connectivity index (χ1n) is 14.3. The summed E-state index contributed by atoms with van der Waals surface area (Å²) in [6.45, 7) is 6.43. The predicted octanol–water partition coefficient (Wildman–Crippen LogP) is 2.75. The maximum atomic E-state index is 13.6. The Labute approximate surface area is 253 Å². The third-order valence-corrected chi connectivity index (χ3v) is 8.19. The van der Waals surface area contributed by atoms with E-state index < -0.39 is 17.8 Å². The van der Waals surface area contributed by atoms with Crippen molar-refractivity contribution in [3.63, 3.8) is 0 Å². The summed E-state index contributed by atoms with van der Waals surface area (Å²) in [5.41, 5.74) is 5.75. The van der Waals surface area contributed by atoms with Crippen LogP contribution in [0.15, 0.2) is 55.4 Å². The monoisotopic (exact) mass is 593 g/mol. The third kappa shape index (κ3) is 5.30. The zero-order chi connectivity index (χ0) is 31.0. The van der Waals surface area contributed by atoms with Gasteiger partial charge in [-0.3, -0.25) is 14.4 Å². The highest BCUT2D eigenvalue weighted by Gasteiger charge is 2.29. The van der Waals surface area contributed by atoms with Crippen molar-refractivity contribution in [1.82, 2.24) is 35.1 Å². The molecule has 6 rings (SSSR count). The standard InChI is InChI=1S/C32H31N7O5/c1-4-13-44-31(43)22-7-8-23-21(18(22)2)9-10-25(23)36-29(41)27-15-26(37-32-34-17-35-39(27)32)28(40)33-16-19-5-6-20-11-12-38(3)30(42)24(20)14-19/h4-8,14-15,17,25H,1,9-13,16H2,2-3H3,(H,33,40)(H,36,41)/t25-/m0/s1. The molecule has 2 aliphatic rings. The second-order valence-electron chi connectivity index (χ2n) is 10.9. The van der Waals surface area contributed by atoms with E-state index in [2.05, 4.69) is 32.3 Å². The van der Waals surface area contributed by atoms with Crippen molar-refractivity contribution >= 4 is 29.5 Å². The van der Waals surface area contributed by atoms with Crippen molar-refractivity contribution in [2.24, 2.45) is 0 Å². The van der Waals surface area contributed by atoms with Gasteiger partial charge in [0.2, 0.25) is 0 Å². The highest BCUT2D eigenvalue weighted by molar-refractivity contribution is 5.99. The van der Waals surface area contributed by atoms with Crippen LogP contribution < -0.4 is 10.6 Å². The molecular formula is C32H31N7O5. The fourth-order valence-corrected chi connectivity index (χ4v) is 5.81. The van der Waals surface area contributed by atoms with Crippen LogP contribution in [0.1, 0.15) is 82.0 Å². The molecule has 44 heavy (non-hydrogen) atoms. The van der Waals surface area contributed by atoms with Gasteiger partial charge in [-0.05, 0) is 66.1 Å². The Morgan fingerprint density at radius 1 is 1.14 bits per heavy atom. The highest BCUT2D eigenvalue weighted by atomic mass is 16.5. The number of aromatic nitrogens is 4. The first-order valence-corrected chi connectivity index (χ1v) is 14.3. The van der Waals surface area contributed by atoms with Crippen molar-refractivity contribution in [3.05, 3.63) is 106 Å². The van der Waals surface area contributed by atoms with Gasteiger partial charge in [0.05, 0.1) is 11.6 Å². The SMILES string of the molecule is C=CCOC(=O)c1ccc2c(c1C)CC[C@@H]2NC(=O)c1cc(C(=O)NCc2ccc3c(c2)C(=O)N(C)CC3)nc2ncnn12. The van der Waals surface area contributed by atoms with E-state index in [9.17, 15) is 19.2 Å². The Morgan fingerprint density at radius 2 is 1.98 bits per heavy atom. The number of hydrogen-bond donors (Lipinski definition) is 2. The lowest BCUT2D eigenvalue weighted by molar-refractivity contribution is 0.0548. The Bertz CT molecular complexity index is 1850. The molecule has 224 valence electrons. The van der Waals surface area contributed by atoms with E-state index in [1.807, 2.05) is 25.1 Å². The summed E-state index contributed by atoms with van der Waals surface area (Å²) in [7, 11) is 1.77. The van der Waals surface area contributed by atoms with Crippen LogP contribution in [0, 0.1) is 6.92 Å². The van der Waals surface area contributed by atoms with Crippen LogP contribution in [-0.4, -0.2) is 68.4 Å². The van der Waals surface area contributed by atoms with E-state index in [-0.39, 0.29) is 42.3 Å². The number of carbonyl (C=O) groups excluding carboxylic acids is 4. The molecule has 12 nitrogen and oxygen atoms in total. The van der Waals surface area contributed by atoms with Gasteiger partial charge >= 0.3 is 5.97 Å². The minimum atomic E-state index is -0.497. The van der Waals surface area contributed by atoms with E-state index in [1.165, 1.54) is 23.0 Å². The van der Waals surface area contributed by atoms with Gasteiger partial charge in [-0.25, -0.2) is 9.78 Å². The molecule has 0 radical (unpaired) electrons. The number of fused-ring (bicyclic) bond motifs is 3. The molecule has 12 heteroatoms. The van der Waals surface area contributed by atoms with Crippen molar-refractivity contribution < 1.29 is 23.9 Å². The fourth-order valence-electron chi connectivity index (χ4n) is 5.81. The molecule has 0 saturated heterocycles. The van der Waals surface area contributed by atoms with Crippen LogP contribution in [0.3, 0.4) is 0 Å². The van der Waals surface area contributed by atoms with Gasteiger partial charge in [-0.15, -0.1) is 0 Å². The minimum Gasteiger partial charge on any atom is -0.458 e. The topological polar surface area (TPSA) is 148 Å². The number of rotatable bonds is 8. The Morgan fingerprint density at radius 3 is 2.80 bits per heavy atom. The molecule has 3 heterocycles. The Hall–Kier alpha value is -5.39. The Kier molecular flexibility index (Phi) is 7.64. The van der Waals surface area contributed by atoms with Gasteiger partial charge < -0.3 is 20.3 Å². The molecule has 1 atom stereocenters. The second kappa shape index (κ2) is 11.7. The average molecular weight is 594 g/mol. The molecule has 3 amide bonds. The maximum absolute atomic E-state index is 13.6. The summed E-state index contributed by atoms with van der Waals surface area (Å²) in [6.07, 6.45) is 4.90. The van der Waals surface area contributed by atoms with E-state index >= 15 is 0 Å². The molecule has 0 bridgehead atoms. The molecule has 2 aromatic carbocycles. The molecule has 0 saturated carbocycles. The second-order valence-corrected chi connectivity index (χ2v) is 10.9. The number of ether oxygens (including phenoxy) is 1. The lowest BCUT2D eigenvalue weighted by atomic mass is 9.97. The summed E-state index contributed by atoms with van der Waals surface area (Å²) in [4.78, 5) is 61.9. The number of hydrogen-bond acceptors (Lipinski definition) is 8. The zero-order valence-electron chi connectivity index (χ0n) is 24.4. The molecule has 2 aromatic heterocycles. The number of benzene rings is 2. The van der Waals surface area contributed by atoms with Gasteiger partial charge in [0.1, 0.15) is 24.3 Å². The quantitative estimate of drug-likeness (QED) is 0.234. The first-order chi connectivity index (χ1) is 21.2. The van der Waals surface area contributed by atoms with Gasteiger partial charge in [0, 0.05) is 31.8 Å². The first kappa shape index (κ1) is 28.7. The van der Waals surface area contributed by atoms with Crippen LogP contribution in [-0.2, 0) is 24.1 Å². The van der Waals surface area contributed by atoms with E-state index in [4.69, 9.17) is 4.74 Å². The summed E-state index contributed by atoms with van der Waals surface area (Å²) >= 11 is 0. The molecule has 0 spiro atoms. The van der Waals surface area contributed by atoms with Gasteiger partial charge in [0.15, 0.2) is 0 Å². The van der Waals surface area contributed by atoms with E-state index in [1.54, 1.807) is 24.1 Å². The van der Waals surface area contributed by atoms with Crippen LogP contribution in [0.5, 0.6) is 0 Å². The fraction of sp³-hybridized carbons (Fsp3) is 0.281. The Balaban J connectivity index is 1.19. The van der Waals surface area contributed by atoms with E-state index in [0.717, 1.165) is 34.2 Å². The summed E-state index contributed by atoms with van der Waals surface area (Å²) in [5.74, 6) is -1.29. The van der Waals surface area contributed by atoms with Gasteiger partial charge in [-0.1, -0.05) is 30.9 Å². The van der Waals surface area contributed by atoms with Gasteiger partial charge in [0.25, 0.3) is 23.5 Å². The number of likely N-dealkylation sites (N-methyl/N-ethyl adjacent to an activating group) is 1. The summed E-state index contributed by atoms with van der Waals surface area (Å²) < 4.78 is 6.50. The zero-order valence-corrected chi connectivity index (χ0v) is 24.4. The van der Waals surface area contributed by atoms with Crippen molar-refractivity contribution in [2.75, 3.05) is 20.2 Å². The molecule has 0 unspecified atom stereocenters. The average Bonchev–Trinajstić information content (AvgIpc) is 3.68. The maximum Gasteiger partial charge on any atom is 0.338 e. The minimum absolute atomic E-state index is 0.00904. The largest absolute Gasteiger partial charge is 0.458 e. The summed E-state index contributed by atoms with van der Waals surface area (Å²) in [6, 6.07) is 10.2. The normalized spacial score (nSPS) is 15.5. The number of carbonyl (C=O) groups is 4. The highest BCUT2D eigenvalue weighted by Crippen LogP contribution is 2.35. The van der Waals surface area contributed by atoms with Crippen molar-refractivity contribution in [1.29, 1.82) is 0 Å². The third-order valence-electron chi connectivity index (χ3n) is 8.19. The smallest absolute Gasteiger partial charge is 0.338 e. The van der Waals surface area contributed by atoms with Crippen molar-refractivity contribution in [2.45, 2.75) is 38.8 Å². The number of amides is 3. The van der Waals surface area contributed by atoms with Gasteiger partial charge in [-0.2, -0.15) is 14.6 Å². The van der Waals surface area contributed by atoms with Crippen LogP contribution in [0.2, 0.25) is 0 Å². The summed E-state index contributed by atoms with van der Waals surface area (Å²) in [5, 5.41) is 10.0. The van der Waals surface area contributed by atoms with Crippen molar-refractivity contribution in [3.8, 4) is 0 Å². The number of nitrogens with one attached hydrogen (secondary N) is 2. The van der Waals surface area contributed by atoms with Crippen LogP contribution in [0.25, 0.3) is 5.78 Å². The van der Waals surface area contributed by atoms with Crippen LogP contribution >= 0.6 is 0 Å². The predicted molar refractivity (Wildman–Crippen MR) is 159 cm³/mol. The lowest BCUT2D eigenvalue weighted by Gasteiger charge is -2.25. The molecule has 1 aliphatic heterocycles. The van der Waals surface area contributed by atoms with Crippen LogP contribution in [0.4, 0.5) is 0 Å². The molecular weight excluding hydrogens is 562 g/mol. The molecule has 0 fully saturated rings.